The number of ether oxygens (including phenoxy) is 1. The smallest absolute Gasteiger partial charge is 0.308 e. The summed E-state index contributed by atoms with van der Waals surface area (Å²) < 4.78 is 4.59. The van der Waals surface area contributed by atoms with Crippen molar-refractivity contribution in [2.24, 2.45) is 16.6 Å². The molecule has 0 aromatic heterocycles. The van der Waals surface area contributed by atoms with Crippen molar-refractivity contribution in [3.05, 3.63) is 10.1 Å². The predicted octanol–water partition coefficient (Wildman–Crippen LogP) is 0.545. The van der Waals surface area contributed by atoms with Crippen LogP contribution in [0.3, 0.4) is 0 Å². The molecule has 35 heavy (non-hydrogen) atoms. The number of esters is 1. The first-order valence-electron chi connectivity index (χ1n) is 12.0. The predicted molar refractivity (Wildman–Crippen MR) is 133 cm³/mol. The first kappa shape index (κ1) is 32.1. The highest BCUT2D eigenvalue weighted by Gasteiger charge is 2.27. The van der Waals surface area contributed by atoms with E-state index in [9.17, 15) is 29.5 Å². The Labute approximate surface area is 207 Å². The third kappa shape index (κ3) is 17.2. The molecule has 0 aliphatic carbocycles. The molecular weight excluding hydrogens is 459 g/mol. The Bertz CT molecular complexity index is 706. The van der Waals surface area contributed by atoms with E-state index >= 15 is 0 Å². The number of nitro groups is 1. The highest BCUT2D eigenvalue weighted by molar-refractivity contribution is 6.51. The minimum absolute atomic E-state index is 0.123. The molecule has 2 amide bonds. The van der Waals surface area contributed by atoms with Gasteiger partial charge in [0.05, 0.1) is 7.11 Å². The van der Waals surface area contributed by atoms with E-state index in [1.165, 1.54) is 7.11 Å². The maximum absolute atomic E-state index is 12.9. The first-order chi connectivity index (χ1) is 16.5. The number of rotatable bonds is 18. The lowest BCUT2D eigenvalue weighted by Gasteiger charge is -2.25. The molecule has 0 aromatic rings. The Morgan fingerprint density at radius 2 is 1.74 bits per heavy atom. The summed E-state index contributed by atoms with van der Waals surface area (Å²) in [6.45, 7) is 4.92. The SMILES string of the molecule is COC(=O)CCCCCCC(=O)N[C@@H](CCCN=C(N)N[N+](=O)[O-])C(=O)N[C@@H](CC(C)C)B(C)O. The van der Waals surface area contributed by atoms with E-state index in [-0.39, 0.29) is 43.1 Å². The number of unbranched alkanes of at least 4 members (excludes halogenated alkanes) is 3. The van der Waals surface area contributed by atoms with Crippen molar-refractivity contribution in [2.75, 3.05) is 13.7 Å². The lowest BCUT2D eigenvalue weighted by Crippen LogP contribution is -2.53. The van der Waals surface area contributed by atoms with Crippen LogP contribution in [0.5, 0.6) is 0 Å². The Morgan fingerprint density at radius 3 is 2.29 bits per heavy atom. The van der Waals surface area contributed by atoms with Gasteiger partial charge in [-0.2, -0.15) is 0 Å². The van der Waals surface area contributed by atoms with Crippen LogP contribution in [0.1, 0.15) is 71.6 Å². The van der Waals surface area contributed by atoms with Crippen molar-refractivity contribution in [2.45, 2.75) is 90.4 Å². The average molecular weight is 500 g/mol. The van der Waals surface area contributed by atoms with E-state index < -0.39 is 29.8 Å². The molecule has 6 N–H and O–H groups in total. The van der Waals surface area contributed by atoms with Crippen molar-refractivity contribution in [1.29, 1.82) is 0 Å². The number of hydrazine groups is 1. The normalized spacial score (nSPS) is 13.0. The number of hydrogen-bond donors (Lipinski definition) is 5. The summed E-state index contributed by atoms with van der Waals surface area (Å²) >= 11 is 0. The van der Waals surface area contributed by atoms with Crippen LogP contribution in [-0.2, 0) is 19.1 Å². The zero-order valence-corrected chi connectivity index (χ0v) is 21.2. The molecule has 0 saturated carbocycles. The van der Waals surface area contributed by atoms with Crippen LogP contribution in [0.2, 0.25) is 6.82 Å². The fraction of sp³-hybridized carbons (Fsp3) is 0.810. The van der Waals surface area contributed by atoms with E-state index in [0.29, 0.717) is 32.1 Å². The molecule has 14 heteroatoms. The molecule has 0 radical (unpaired) electrons. The van der Waals surface area contributed by atoms with Gasteiger partial charge < -0.3 is 26.1 Å². The molecule has 0 rings (SSSR count). The highest BCUT2D eigenvalue weighted by atomic mass is 16.7. The largest absolute Gasteiger partial charge is 0.469 e. The quantitative estimate of drug-likeness (QED) is 0.0339. The standard InChI is InChI=1S/C21H41BN6O7/c1-15(2)14-17(22(3)32)26-20(31)16(10-9-13-24-21(23)27-28(33)34)25-18(29)11-7-5-6-8-12-19(30)35-4/h15-17,32H,5-14H2,1-4H3,(H,25,29)(H,26,31)(H3,23,24,27)/t16-,17-/m0/s1. The van der Waals surface area contributed by atoms with Crippen molar-refractivity contribution >= 4 is 30.7 Å². The monoisotopic (exact) mass is 500 g/mol. The van der Waals surface area contributed by atoms with Gasteiger partial charge in [-0.25, -0.2) is 15.1 Å². The summed E-state index contributed by atoms with van der Waals surface area (Å²) in [5.41, 5.74) is 7.12. The minimum Gasteiger partial charge on any atom is -0.469 e. The van der Waals surface area contributed by atoms with Gasteiger partial charge in [-0.1, -0.05) is 38.9 Å². The number of carbonyl (C=O) groups excluding carboxylic acids is 3. The average Bonchev–Trinajstić information content (AvgIpc) is 2.76. The summed E-state index contributed by atoms with van der Waals surface area (Å²) in [5.74, 6) is -1.52. The van der Waals surface area contributed by atoms with Crippen LogP contribution in [0.15, 0.2) is 4.99 Å². The fourth-order valence-electron chi connectivity index (χ4n) is 3.34. The topological polar surface area (TPSA) is 198 Å². The third-order valence-corrected chi connectivity index (χ3v) is 5.19. The van der Waals surface area contributed by atoms with Crippen LogP contribution >= 0.6 is 0 Å². The zero-order chi connectivity index (χ0) is 26.8. The minimum atomic E-state index is -0.852. The lowest BCUT2D eigenvalue weighted by atomic mass is 9.61. The summed E-state index contributed by atoms with van der Waals surface area (Å²) in [4.78, 5) is 50.7. The maximum Gasteiger partial charge on any atom is 0.308 e. The summed E-state index contributed by atoms with van der Waals surface area (Å²) in [6.07, 6.45) is 4.57. The molecule has 200 valence electrons. The molecule has 0 spiro atoms. The van der Waals surface area contributed by atoms with E-state index in [0.717, 1.165) is 12.8 Å². The molecule has 0 aliphatic rings. The van der Waals surface area contributed by atoms with Crippen molar-refractivity contribution in [1.82, 2.24) is 16.1 Å². The van der Waals surface area contributed by atoms with E-state index in [2.05, 4.69) is 20.4 Å². The molecule has 0 bridgehead atoms. The van der Waals surface area contributed by atoms with Gasteiger partial charge in [0.1, 0.15) is 6.04 Å². The summed E-state index contributed by atoms with van der Waals surface area (Å²) in [6, 6.07) is -0.852. The molecule has 0 aliphatic heterocycles. The second kappa shape index (κ2) is 18.4. The summed E-state index contributed by atoms with van der Waals surface area (Å²) in [5, 5.41) is 25.1. The number of nitrogens with two attached hydrogens (primary N) is 1. The van der Waals surface area contributed by atoms with Crippen molar-refractivity contribution in [3.63, 3.8) is 0 Å². The van der Waals surface area contributed by atoms with Crippen LogP contribution < -0.4 is 21.8 Å². The highest BCUT2D eigenvalue weighted by Crippen LogP contribution is 2.10. The Morgan fingerprint density at radius 1 is 1.11 bits per heavy atom. The van der Waals surface area contributed by atoms with Gasteiger partial charge >= 0.3 is 12.9 Å². The zero-order valence-electron chi connectivity index (χ0n) is 21.2. The number of carbonyl (C=O) groups is 3. The van der Waals surface area contributed by atoms with Crippen LogP contribution in [0.25, 0.3) is 0 Å². The third-order valence-electron chi connectivity index (χ3n) is 5.19. The van der Waals surface area contributed by atoms with Gasteiger partial charge in [0.2, 0.25) is 11.8 Å². The van der Waals surface area contributed by atoms with E-state index in [4.69, 9.17) is 5.73 Å². The molecule has 0 fully saturated rings. The fourth-order valence-corrected chi connectivity index (χ4v) is 3.34. The maximum atomic E-state index is 12.9. The molecule has 0 unspecified atom stereocenters. The summed E-state index contributed by atoms with van der Waals surface area (Å²) in [7, 11) is 1.34. The molecular formula is C21H41BN6O7. The number of guanidine groups is 1. The number of nitrogens with zero attached hydrogens (tertiary/aromatic N) is 2. The lowest BCUT2D eigenvalue weighted by molar-refractivity contribution is -0.525. The molecule has 2 atom stereocenters. The Kier molecular flexibility index (Phi) is 16.9. The first-order valence-corrected chi connectivity index (χ1v) is 12.0. The van der Waals surface area contributed by atoms with Gasteiger partial charge in [0, 0.05) is 25.3 Å². The second-order valence-electron chi connectivity index (χ2n) is 8.87. The van der Waals surface area contributed by atoms with E-state index in [1.807, 2.05) is 13.8 Å². The number of amides is 2. The Hall–Kier alpha value is -2.90. The van der Waals surface area contributed by atoms with Crippen LogP contribution in [0.4, 0.5) is 0 Å². The van der Waals surface area contributed by atoms with Crippen LogP contribution in [0, 0.1) is 16.0 Å². The molecule has 0 saturated heterocycles. The van der Waals surface area contributed by atoms with Gasteiger partial charge in [0.25, 0.3) is 5.96 Å². The van der Waals surface area contributed by atoms with Gasteiger partial charge in [-0.3, -0.25) is 14.4 Å². The number of hydrogen-bond acceptors (Lipinski definition) is 8. The molecule has 13 nitrogen and oxygen atoms in total. The number of aliphatic imine (C=N–C) groups is 1. The number of nitrogens with one attached hydrogen (secondary N) is 3. The Balaban J connectivity index is 4.87. The van der Waals surface area contributed by atoms with Gasteiger partial charge in [0.15, 0.2) is 5.03 Å². The molecule has 0 heterocycles. The van der Waals surface area contributed by atoms with Crippen LogP contribution in [-0.4, -0.2) is 66.4 Å². The van der Waals surface area contributed by atoms with Gasteiger partial charge in [-0.15, -0.1) is 0 Å². The number of methoxy groups -OCH3 is 1. The second-order valence-corrected chi connectivity index (χ2v) is 8.87. The van der Waals surface area contributed by atoms with E-state index in [1.54, 1.807) is 12.2 Å². The van der Waals surface area contributed by atoms with Crippen molar-refractivity contribution < 1.29 is 29.2 Å². The van der Waals surface area contributed by atoms with Gasteiger partial charge in [-0.05, 0) is 38.0 Å². The molecule has 0 aromatic carbocycles. The van der Waals surface area contributed by atoms with Crippen molar-refractivity contribution in [3.8, 4) is 0 Å².